The van der Waals surface area contributed by atoms with Crippen molar-refractivity contribution in [2.24, 2.45) is 0 Å². The predicted molar refractivity (Wildman–Crippen MR) is 87.5 cm³/mol. The van der Waals surface area contributed by atoms with Crippen molar-refractivity contribution in [3.05, 3.63) is 57.3 Å². The fourth-order valence-electron chi connectivity index (χ4n) is 2.26. The molecule has 0 aliphatic rings. The predicted octanol–water partition coefficient (Wildman–Crippen LogP) is 3.04. The topological polar surface area (TPSA) is 66.4 Å². The van der Waals surface area contributed by atoms with Gasteiger partial charge in [-0.2, -0.15) is 0 Å². The first kappa shape index (κ1) is 16.2. The van der Waals surface area contributed by atoms with Crippen molar-refractivity contribution in [3.63, 3.8) is 0 Å². The molecule has 0 aliphatic heterocycles. The molecule has 0 unspecified atom stereocenters. The summed E-state index contributed by atoms with van der Waals surface area (Å²) < 4.78 is 0. The molecule has 2 rings (SSSR count). The molecule has 5 heteroatoms. The van der Waals surface area contributed by atoms with E-state index >= 15 is 0 Å². The van der Waals surface area contributed by atoms with Crippen molar-refractivity contribution >= 4 is 23.2 Å². The molecule has 0 aliphatic carbocycles. The largest absolute Gasteiger partial charge is 0.480 e. The summed E-state index contributed by atoms with van der Waals surface area (Å²) in [6, 6.07) is 10.2. The number of rotatable bonds is 6. The molecule has 22 heavy (non-hydrogen) atoms. The summed E-state index contributed by atoms with van der Waals surface area (Å²) in [6.07, 6.45) is 1.14. The van der Waals surface area contributed by atoms with Gasteiger partial charge in [-0.05, 0) is 30.5 Å². The Bertz CT molecular complexity index is 664. The molecule has 1 aromatic heterocycles. The maximum Gasteiger partial charge on any atom is 0.326 e. The molecule has 0 radical (unpaired) electrons. The van der Waals surface area contributed by atoms with Gasteiger partial charge in [0.25, 0.3) is 5.91 Å². The monoisotopic (exact) mass is 317 g/mol. The number of carboxylic acids is 1. The second-order valence-electron chi connectivity index (χ2n) is 5.12. The van der Waals surface area contributed by atoms with Crippen LogP contribution >= 0.6 is 11.3 Å². The number of benzene rings is 1. The van der Waals surface area contributed by atoms with Crippen molar-refractivity contribution in [3.8, 4) is 0 Å². The summed E-state index contributed by atoms with van der Waals surface area (Å²) >= 11 is 1.42. The molecule has 2 N–H and O–H groups in total. The van der Waals surface area contributed by atoms with Crippen LogP contribution in [-0.2, 0) is 17.6 Å². The molecule has 1 heterocycles. The third-order valence-corrected chi connectivity index (χ3v) is 4.83. The van der Waals surface area contributed by atoms with Crippen LogP contribution in [0.15, 0.2) is 36.4 Å². The fourth-order valence-corrected chi connectivity index (χ4v) is 3.28. The van der Waals surface area contributed by atoms with Crippen LogP contribution in [-0.4, -0.2) is 23.0 Å². The average molecular weight is 317 g/mol. The Labute approximate surface area is 133 Å². The highest BCUT2D eigenvalue weighted by atomic mass is 32.1. The summed E-state index contributed by atoms with van der Waals surface area (Å²) in [4.78, 5) is 25.4. The van der Waals surface area contributed by atoms with Crippen molar-refractivity contribution in [1.29, 1.82) is 0 Å². The fraction of sp³-hybridized carbons (Fsp3) is 0.294. The van der Waals surface area contributed by atoms with Gasteiger partial charge in [-0.3, -0.25) is 4.79 Å². The molecule has 1 aromatic carbocycles. The van der Waals surface area contributed by atoms with Gasteiger partial charge in [0, 0.05) is 11.3 Å². The number of thiophene rings is 1. The minimum absolute atomic E-state index is 0.271. The van der Waals surface area contributed by atoms with Crippen LogP contribution < -0.4 is 5.32 Å². The van der Waals surface area contributed by atoms with Gasteiger partial charge in [-0.1, -0.05) is 37.3 Å². The number of aliphatic carboxylic acids is 1. The number of aryl methyl sites for hydroxylation is 2. The highest BCUT2D eigenvalue weighted by Crippen LogP contribution is 2.22. The lowest BCUT2D eigenvalue weighted by molar-refractivity contribution is -0.139. The van der Waals surface area contributed by atoms with Crippen molar-refractivity contribution in [2.45, 2.75) is 32.7 Å². The smallest absolute Gasteiger partial charge is 0.326 e. The quantitative estimate of drug-likeness (QED) is 0.860. The highest BCUT2D eigenvalue weighted by molar-refractivity contribution is 7.14. The zero-order valence-corrected chi connectivity index (χ0v) is 13.4. The summed E-state index contributed by atoms with van der Waals surface area (Å²) in [5.74, 6) is -1.35. The first-order chi connectivity index (χ1) is 10.5. The second kappa shape index (κ2) is 7.22. The third-order valence-electron chi connectivity index (χ3n) is 3.45. The Hall–Kier alpha value is -2.14. The maximum absolute atomic E-state index is 12.3. The molecule has 116 valence electrons. The van der Waals surface area contributed by atoms with E-state index in [4.69, 9.17) is 0 Å². The lowest BCUT2D eigenvalue weighted by atomic mass is 10.1. The number of nitrogens with one attached hydrogen (secondary N) is 1. The van der Waals surface area contributed by atoms with Gasteiger partial charge in [-0.15, -0.1) is 11.3 Å². The standard InChI is InChI=1S/C17H19NO3S/c1-3-14-11(2)9-15(22-14)16(19)18-13(17(20)21)10-12-7-5-4-6-8-12/h4-9,13H,3,10H2,1-2H3,(H,18,19)(H,20,21)/t13-/m1/s1. The van der Waals surface area contributed by atoms with E-state index < -0.39 is 12.0 Å². The normalized spacial score (nSPS) is 11.9. The molecular weight excluding hydrogens is 298 g/mol. The number of carbonyl (C=O) groups excluding carboxylic acids is 1. The molecule has 1 atom stereocenters. The second-order valence-corrected chi connectivity index (χ2v) is 6.26. The van der Waals surface area contributed by atoms with Gasteiger partial charge in [0.2, 0.25) is 0 Å². The van der Waals surface area contributed by atoms with Gasteiger partial charge in [0.05, 0.1) is 4.88 Å². The zero-order chi connectivity index (χ0) is 16.1. The first-order valence-electron chi connectivity index (χ1n) is 7.18. The Kier molecular flexibility index (Phi) is 5.33. The van der Waals surface area contributed by atoms with Crippen LogP contribution in [0.1, 0.15) is 32.6 Å². The van der Waals surface area contributed by atoms with Crippen LogP contribution in [0.5, 0.6) is 0 Å². The van der Waals surface area contributed by atoms with Gasteiger partial charge in [0.15, 0.2) is 0 Å². The minimum atomic E-state index is -1.03. The lowest BCUT2D eigenvalue weighted by Crippen LogP contribution is -2.42. The summed E-state index contributed by atoms with van der Waals surface area (Å²) in [7, 11) is 0. The molecular formula is C17H19NO3S. The lowest BCUT2D eigenvalue weighted by Gasteiger charge is -2.14. The Balaban J connectivity index is 2.10. The first-order valence-corrected chi connectivity index (χ1v) is 7.99. The Morgan fingerprint density at radius 1 is 1.27 bits per heavy atom. The van der Waals surface area contributed by atoms with E-state index in [-0.39, 0.29) is 12.3 Å². The van der Waals surface area contributed by atoms with E-state index in [1.165, 1.54) is 11.3 Å². The third kappa shape index (κ3) is 3.95. The highest BCUT2D eigenvalue weighted by Gasteiger charge is 2.22. The number of hydrogen-bond acceptors (Lipinski definition) is 3. The average Bonchev–Trinajstić information content (AvgIpc) is 2.88. The Morgan fingerprint density at radius 3 is 2.50 bits per heavy atom. The summed E-state index contributed by atoms with van der Waals surface area (Å²) in [6.45, 7) is 4.00. The van der Waals surface area contributed by atoms with Gasteiger partial charge < -0.3 is 10.4 Å². The van der Waals surface area contributed by atoms with Crippen molar-refractivity contribution < 1.29 is 14.7 Å². The van der Waals surface area contributed by atoms with Gasteiger partial charge in [0.1, 0.15) is 6.04 Å². The molecule has 2 aromatic rings. The molecule has 0 saturated carbocycles. The summed E-state index contributed by atoms with van der Waals surface area (Å²) in [5, 5.41) is 11.9. The maximum atomic E-state index is 12.3. The van der Waals surface area contributed by atoms with E-state index in [1.807, 2.05) is 50.2 Å². The van der Waals surface area contributed by atoms with E-state index in [2.05, 4.69) is 5.32 Å². The van der Waals surface area contributed by atoms with Crippen LogP contribution in [0.25, 0.3) is 0 Å². The van der Waals surface area contributed by atoms with Crippen LogP contribution in [0.3, 0.4) is 0 Å². The SMILES string of the molecule is CCc1sc(C(=O)N[C@H](Cc2ccccc2)C(=O)O)cc1C. The molecule has 0 bridgehead atoms. The number of carboxylic acid groups (broad SMARTS) is 1. The van der Waals surface area contributed by atoms with Gasteiger partial charge in [-0.25, -0.2) is 4.79 Å². The number of amides is 1. The van der Waals surface area contributed by atoms with Crippen molar-refractivity contribution in [1.82, 2.24) is 5.32 Å². The van der Waals surface area contributed by atoms with Crippen LogP contribution in [0.2, 0.25) is 0 Å². The number of hydrogen-bond donors (Lipinski definition) is 2. The van der Waals surface area contributed by atoms with Crippen LogP contribution in [0, 0.1) is 6.92 Å². The van der Waals surface area contributed by atoms with E-state index in [9.17, 15) is 14.7 Å². The van der Waals surface area contributed by atoms with E-state index in [0.717, 1.165) is 22.4 Å². The van der Waals surface area contributed by atoms with Crippen LogP contribution in [0.4, 0.5) is 0 Å². The number of carbonyl (C=O) groups is 2. The van der Waals surface area contributed by atoms with E-state index in [0.29, 0.717) is 4.88 Å². The van der Waals surface area contributed by atoms with Gasteiger partial charge >= 0.3 is 5.97 Å². The molecule has 0 spiro atoms. The Morgan fingerprint density at radius 2 is 1.95 bits per heavy atom. The molecule has 0 fully saturated rings. The molecule has 0 saturated heterocycles. The molecule has 4 nitrogen and oxygen atoms in total. The minimum Gasteiger partial charge on any atom is -0.480 e. The van der Waals surface area contributed by atoms with E-state index in [1.54, 1.807) is 0 Å². The molecule has 1 amide bonds. The summed E-state index contributed by atoms with van der Waals surface area (Å²) in [5.41, 5.74) is 1.96. The zero-order valence-electron chi connectivity index (χ0n) is 12.6. The van der Waals surface area contributed by atoms with Crippen molar-refractivity contribution in [2.75, 3.05) is 0 Å².